The second-order valence-corrected chi connectivity index (χ2v) is 3.26. The van der Waals surface area contributed by atoms with Crippen LogP contribution in [0.3, 0.4) is 0 Å². The van der Waals surface area contributed by atoms with Gasteiger partial charge in [-0.15, -0.1) is 9.24 Å². The lowest BCUT2D eigenvalue weighted by molar-refractivity contribution is 0.511. The van der Waals surface area contributed by atoms with E-state index < -0.39 is 11.6 Å². The van der Waals surface area contributed by atoms with Crippen molar-refractivity contribution < 1.29 is 8.78 Å². The maximum atomic E-state index is 12.8. The Kier molecular flexibility index (Phi) is 2.04. The van der Waals surface area contributed by atoms with E-state index in [1.807, 2.05) is 6.07 Å². The van der Waals surface area contributed by atoms with Crippen LogP contribution in [0.2, 0.25) is 0 Å². The second-order valence-electron chi connectivity index (χ2n) is 2.85. The highest BCUT2D eigenvalue weighted by Crippen LogP contribution is 2.20. The maximum Gasteiger partial charge on any atom is 0.160 e. The molecule has 1 atom stereocenters. The number of hydrogen-bond acceptors (Lipinski definition) is 0. The normalized spacial score (nSPS) is 11.0. The first-order valence-electron chi connectivity index (χ1n) is 3.87. The lowest BCUT2D eigenvalue weighted by Gasteiger charge is -1.91. The topological polar surface area (TPSA) is 15.8 Å². The number of rotatable bonds is 1. The molecule has 0 radical (unpaired) electrons. The average molecular weight is 199 g/mol. The minimum atomic E-state index is -0.815. The van der Waals surface area contributed by atoms with Gasteiger partial charge in [0.1, 0.15) is 0 Å². The zero-order valence-electron chi connectivity index (χ0n) is 6.77. The summed E-state index contributed by atoms with van der Waals surface area (Å²) in [5.74, 6) is -1.62. The van der Waals surface area contributed by atoms with Gasteiger partial charge in [0.25, 0.3) is 0 Å². The molecule has 0 aliphatic carbocycles. The highest BCUT2D eigenvalue weighted by atomic mass is 31.0. The Labute approximate surface area is 76.3 Å². The zero-order valence-corrected chi connectivity index (χ0v) is 7.93. The van der Waals surface area contributed by atoms with Crippen molar-refractivity contribution in [3.05, 3.63) is 35.5 Å². The lowest BCUT2D eigenvalue weighted by Crippen LogP contribution is -1.81. The Morgan fingerprint density at radius 1 is 1.15 bits per heavy atom. The van der Waals surface area contributed by atoms with Crippen LogP contribution in [0.4, 0.5) is 8.78 Å². The summed E-state index contributed by atoms with van der Waals surface area (Å²) >= 11 is 0. The van der Waals surface area contributed by atoms with Gasteiger partial charge in [0.2, 0.25) is 0 Å². The number of H-pyrrole nitrogens is 1. The Balaban J connectivity index is 2.70. The number of fused-ring (bicyclic) bond motifs is 1. The van der Waals surface area contributed by atoms with Crippen LogP contribution in [0.25, 0.3) is 10.9 Å². The van der Waals surface area contributed by atoms with Gasteiger partial charge in [0.05, 0.1) is 0 Å². The van der Waals surface area contributed by atoms with E-state index in [4.69, 9.17) is 0 Å². The fourth-order valence-corrected chi connectivity index (χ4v) is 1.52. The Bertz CT molecular complexity index is 411. The van der Waals surface area contributed by atoms with E-state index >= 15 is 0 Å². The van der Waals surface area contributed by atoms with E-state index in [0.717, 1.165) is 11.9 Å². The summed E-state index contributed by atoms with van der Waals surface area (Å²) in [6.45, 7) is 0. The van der Waals surface area contributed by atoms with Gasteiger partial charge in [-0.1, -0.05) is 0 Å². The molecule has 0 saturated carbocycles. The lowest BCUT2D eigenvalue weighted by atomic mass is 10.2. The maximum absolute atomic E-state index is 12.8. The van der Waals surface area contributed by atoms with Crippen LogP contribution in [0, 0.1) is 11.6 Å². The predicted molar refractivity (Wildman–Crippen MR) is 51.6 cm³/mol. The molecule has 0 fully saturated rings. The number of benzene rings is 1. The first-order chi connectivity index (χ1) is 6.20. The van der Waals surface area contributed by atoms with Crippen LogP contribution in [-0.4, -0.2) is 4.98 Å². The van der Waals surface area contributed by atoms with Crippen molar-refractivity contribution in [3.63, 3.8) is 0 Å². The van der Waals surface area contributed by atoms with Crippen LogP contribution in [-0.2, 0) is 6.16 Å². The molecule has 0 aliphatic heterocycles. The molecule has 0 saturated heterocycles. The van der Waals surface area contributed by atoms with Crippen molar-refractivity contribution in [3.8, 4) is 0 Å². The molecule has 2 rings (SSSR count). The van der Waals surface area contributed by atoms with E-state index in [1.54, 1.807) is 0 Å². The van der Waals surface area contributed by atoms with Gasteiger partial charge in [-0.2, -0.15) is 0 Å². The van der Waals surface area contributed by atoms with Gasteiger partial charge in [-0.05, 0) is 12.1 Å². The smallest absolute Gasteiger partial charge is 0.160 e. The van der Waals surface area contributed by atoms with Crippen LogP contribution in [0.5, 0.6) is 0 Å². The summed E-state index contributed by atoms with van der Waals surface area (Å²) in [4.78, 5) is 2.99. The number of aromatic nitrogens is 1. The largest absolute Gasteiger partial charge is 0.358 e. The predicted octanol–water partition coefficient (Wildman–Crippen LogP) is 2.82. The van der Waals surface area contributed by atoms with Gasteiger partial charge in [-0.3, -0.25) is 0 Å². The number of aromatic amines is 1. The molecule has 1 heterocycles. The molecule has 1 nitrogen and oxygen atoms in total. The third-order valence-corrected chi connectivity index (χ3v) is 2.38. The summed E-state index contributed by atoms with van der Waals surface area (Å²) in [6.07, 6.45) is 0.748. The van der Waals surface area contributed by atoms with Crippen molar-refractivity contribution in [1.82, 2.24) is 4.98 Å². The van der Waals surface area contributed by atoms with Crippen LogP contribution >= 0.6 is 9.24 Å². The summed E-state index contributed by atoms with van der Waals surface area (Å²) in [6, 6.07) is 4.18. The van der Waals surface area contributed by atoms with E-state index in [0.29, 0.717) is 10.9 Å². The molecular formula is C9H8F2NP. The summed E-state index contributed by atoms with van der Waals surface area (Å²) in [7, 11) is 2.55. The van der Waals surface area contributed by atoms with E-state index in [1.165, 1.54) is 12.1 Å². The highest BCUT2D eigenvalue weighted by molar-refractivity contribution is 7.15. The summed E-state index contributed by atoms with van der Waals surface area (Å²) in [5.41, 5.74) is 1.58. The van der Waals surface area contributed by atoms with E-state index in [9.17, 15) is 8.78 Å². The molecule has 0 bridgehead atoms. The van der Waals surface area contributed by atoms with Gasteiger partial charge < -0.3 is 4.98 Å². The zero-order chi connectivity index (χ0) is 9.42. The van der Waals surface area contributed by atoms with E-state index in [-0.39, 0.29) is 0 Å². The molecule has 0 amide bonds. The fourth-order valence-electron chi connectivity index (χ4n) is 1.30. The standard InChI is InChI=1S/C9H8F2NP/c10-7-2-5-1-6(4-13)12-9(5)3-8(7)11/h1-3,12H,4,13H2. The summed E-state index contributed by atoms with van der Waals surface area (Å²) in [5, 5.41) is 0.705. The van der Waals surface area contributed by atoms with Gasteiger partial charge in [0.15, 0.2) is 11.6 Å². The van der Waals surface area contributed by atoms with Gasteiger partial charge >= 0.3 is 0 Å². The van der Waals surface area contributed by atoms with Crippen LogP contribution in [0.15, 0.2) is 18.2 Å². The van der Waals surface area contributed by atoms with Crippen LogP contribution in [0.1, 0.15) is 5.69 Å². The van der Waals surface area contributed by atoms with Gasteiger partial charge in [0, 0.05) is 28.8 Å². The minimum absolute atomic E-state index is 0.636. The molecule has 0 aliphatic rings. The molecule has 68 valence electrons. The third kappa shape index (κ3) is 1.44. The molecule has 2 aromatic rings. The Morgan fingerprint density at radius 2 is 1.85 bits per heavy atom. The highest BCUT2D eigenvalue weighted by Gasteiger charge is 2.05. The third-order valence-electron chi connectivity index (χ3n) is 1.94. The molecule has 13 heavy (non-hydrogen) atoms. The van der Waals surface area contributed by atoms with Gasteiger partial charge in [-0.25, -0.2) is 8.78 Å². The number of hydrogen-bond donors (Lipinski definition) is 1. The van der Waals surface area contributed by atoms with Crippen molar-refractivity contribution in [2.24, 2.45) is 0 Å². The van der Waals surface area contributed by atoms with Crippen molar-refractivity contribution >= 4 is 20.1 Å². The molecule has 1 aromatic heterocycles. The molecule has 0 spiro atoms. The summed E-state index contributed by atoms with van der Waals surface area (Å²) < 4.78 is 25.5. The van der Waals surface area contributed by atoms with Crippen molar-refractivity contribution in [2.45, 2.75) is 6.16 Å². The molecular weight excluding hydrogens is 191 g/mol. The molecule has 4 heteroatoms. The monoisotopic (exact) mass is 199 g/mol. The molecule has 1 unspecified atom stereocenters. The first-order valence-corrected chi connectivity index (χ1v) is 4.69. The molecule has 1 N–H and O–H groups in total. The Morgan fingerprint density at radius 3 is 2.54 bits per heavy atom. The number of halogens is 2. The van der Waals surface area contributed by atoms with Crippen molar-refractivity contribution in [1.29, 1.82) is 0 Å². The molecule has 1 aromatic carbocycles. The first kappa shape index (κ1) is 8.64. The van der Waals surface area contributed by atoms with Crippen molar-refractivity contribution in [2.75, 3.05) is 0 Å². The SMILES string of the molecule is Fc1cc2cc(CP)[nH]c2cc1F. The van der Waals surface area contributed by atoms with E-state index in [2.05, 4.69) is 14.2 Å². The van der Waals surface area contributed by atoms with Crippen LogP contribution < -0.4 is 0 Å². The minimum Gasteiger partial charge on any atom is -0.358 e. The fraction of sp³-hybridized carbons (Fsp3) is 0.111. The second kappa shape index (κ2) is 3.08. The number of nitrogens with one attached hydrogen (secondary N) is 1. The average Bonchev–Trinajstić information content (AvgIpc) is 2.48. The Hall–Kier alpha value is -0.950. The quantitative estimate of drug-likeness (QED) is 0.679.